The Morgan fingerprint density at radius 3 is 2.65 bits per heavy atom. The first kappa shape index (κ1) is 12.5. The molecule has 0 aromatic carbocycles. The summed E-state index contributed by atoms with van der Waals surface area (Å²) in [4.78, 5) is 4.02. The van der Waals surface area contributed by atoms with Crippen molar-refractivity contribution in [1.82, 2.24) is 10.4 Å². The second-order valence-corrected chi connectivity index (χ2v) is 4.87. The number of rotatable bonds is 6. The lowest BCUT2D eigenvalue weighted by molar-refractivity contribution is -0.0834. The standard InChI is InChI=1S/C13H21N3O/c1-17-13(5-2-6-13)10-12(16-14)9-11-3-7-15-8-4-11/h3-4,7-8,12,16H,2,5-6,9-10,14H2,1H3. The van der Waals surface area contributed by atoms with Crippen molar-refractivity contribution in [2.24, 2.45) is 5.84 Å². The molecule has 0 bridgehead atoms. The van der Waals surface area contributed by atoms with E-state index in [0.29, 0.717) is 0 Å². The van der Waals surface area contributed by atoms with Gasteiger partial charge in [0, 0.05) is 25.5 Å². The lowest BCUT2D eigenvalue weighted by Crippen LogP contribution is -2.48. The second-order valence-electron chi connectivity index (χ2n) is 4.87. The van der Waals surface area contributed by atoms with Crippen molar-refractivity contribution in [1.29, 1.82) is 0 Å². The fourth-order valence-electron chi connectivity index (χ4n) is 2.51. The summed E-state index contributed by atoms with van der Waals surface area (Å²) in [5.74, 6) is 5.64. The van der Waals surface area contributed by atoms with Crippen molar-refractivity contribution < 1.29 is 4.74 Å². The van der Waals surface area contributed by atoms with Gasteiger partial charge in [0.15, 0.2) is 0 Å². The molecule has 4 heteroatoms. The van der Waals surface area contributed by atoms with Crippen LogP contribution in [0.25, 0.3) is 0 Å². The van der Waals surface area contributed by atoms with Crippen LogP contribution in [0.15, 0.2) is 24.5 Å². The van der Waals surface area contributed by atoms with Crippen LogP contribution in [0.1, 0.15) is 31.2 Å². The Balaban J connectivity index is 1.93. The number of nitrogens with two attached hydrogens (primary N) is 1. The molecule has 2 rings (SSSR count). The van der Waals surface area contributed by atoms with Gasteiger partial charge in [-0.1, -0.05) is 0 Å². The Kier molecular flexibility index (Phi) is 4.10. The van der Waals surface area contributed by atoms with Gasteiger partial charge in [-0.2, -0.15) is 0 Å². The smallest absolute Gasteiger partial charge is 0.0694 e. The molecule has 0 radical (unpaired) electrons. The fraction of sp³-hybridized carbons (Fsp3) is 0.615. The summed E-state index contributed by atoms with van der Waals surface area (Å²) in [6.07, 6.45) is 9.10. The molecular weight excluding hydrogens is 214 g/mol. The third kappa shape index (κ3) is 3.03. The number of hydrogen-bond acceptors (Lipinski definition) is 4. The van der Waals surface area contributed by atoms with Gasteiger partial charge in [0.2, 0.25) is 0 Å². The maximum absolute atomic E-state index is 5.64. The van der Waals surface area contributed by atoms with E-state index in [4.69, 9.17) is 10.6 Å². The summed E-state index contributed by atoms with van der Waals surface area (Å²) < 4.78 is 5.64. The Bertz CT molecular complexity index is 332. The zero-order valence-corrected chi connectivity index (χ0v) is 10.4. The lowest BCUT2D eigenvalue weighted by atomic mass is 9.75. The predicted molar refractivity (Wildman–Crippen MR) is 67.3 cm³/mol. The predicted octanol–water partition coefficient (Wildman–Crippen LogP) is 1.42. The van der Waals surface area contributed by atoms with Crippen LogP contribution in [0.2, 0.25) is 0 Å². The number of pyridine rings is 1. The number of ether oxygens (including phenoxy) is 1. The highest BCUT2D eigenvalue weighted by Gasteiger charge is 2.38. The van der Waals surface area contributed by atoms with Gasteiger partial charge in [-0.15, -0.1) is 0 Å². The second kappa shape index (κ2) is 5.58. The van der Waals surface area contributed by atoms with Gasteiger partial charge in [0.05, 0.1) is 5.60 Å². The summed E-state index contributed by atoms with van der Waals surface area (Å²) >= 11 is 0. The maximum Gasteiger partial charge on any atom is 0.0694 e. The monoisotopic (exact) mass is 235 g/mol. The van der Waals surface area contributed by atoms with E-state index < -0.39 is 0 Å². The highest BCUT2D eigenvalue weighted by Crippen LogP contribution is 2.39. The molecule has 1 aromatic rings. The number of methoxy groups -OCH3 is 1. The molecule has 1 aliphatic rings. The SMILES string of the molecule is COC1(CC(Cc2ccncc2)NN)CCC1. The van der Waals surface area contributed by atoms with Gasteiger partial charge in [0.1, 0.15) is 0 Å². The van der Waals surface area contributed by atoms with E-state index in [-0.39, 0.29) is 11.6 Å². The molecule has 0 aliphatic heterocycles. The molecule has 1 heterocycles. The fourth-order valence-corrected chi connectivity index (χ4v) is 2.51. The van der Waals surface area contributed by atoms with Gasteiger partial charge in [-0.25, -0.2) is 0 Å². The summed E-state index contributed by atoms with van der Waals surface area (Å²) in [7, 11) is 1.80. The number of aromatic nitrogens is 1. The van der Waals surface area contributed by atoms with E-state index in [9.17, 15) is 0 Å². The minimum atomic E-state index is 0.0596. The molecule has 0 amide bonds. The van der Waals surface area contributed by atoms with E-state index in [1.807, 2.05) is 24.5 Å². The largest absolute Gasteiger partial charge is 0.378 e. The molecule has 3 N–H and O–H groups in total. The highest BCUT2D eigenvalue weighted by atomic mass is 16.5. The summed E-state index contributed by atoms with van der Waals surface area (Å²) in [5.41, 5.74) is 4.23. The summed E-state index contributed by atoms with van der Waals surface area (Å²) in [6.45, 7) is 0. The number of nitrogens with one attached hydrogen (secondary N) is 1. The van der Waals surface area contributed by atoms with E-state index >= 15 is 0 Å². The van der Waals surface area contributed by atoms with Crippen LogP contribution in [0.4, 0.5) is 0 Å². The summed E-state index contributed by atoms with van der Waals surface area (Å²) in [5, 5.41) is 0. The van der Waals surface area contributed by atoms with Crippen molar-refractivity contribution in [2.45, 2.75) is 43.7 Å². The number of hydrogen-bond donors (Lipinski definition) is 2. The molecule has 17 heavy (non-hydrogen) atoms. The number of nitrogens with zero attached hydrogens (tertiary/aromatic N) is 1. The molecule has 1 aromatic heterocycles. The minimum Gasteiger partial charge on any atom is -0.378 e. The molecule has 94 valence electrons. The minimum absolute atomic E-state index is 0.0596. The lowest BCUT2D eigenvalue weighted by Gasteiger charge is -2.42. The van der Waals surface area contributed by atoms with Crippen LogP contribution >= 0.6 is 0 Å². The average Bonchev–Trinajstić information content (AvgIpc) is 2.33. The quantitative estimate of drug-likeness (QED) is 0.578. The van der Waals surface area contributed by atoms with Gasteiger partial charge >= 0.3 is 0 Å². The third-order valence-electron chi connectivity index (χ3n) is 3.78. The van der Waals surface area contributed by atoms with E-state index in [0.717, 1.165) is 25.7 Å². The van der Waals surface area contributed by atoms with Crippen LogP contribution in [-0.4, -0.2) is 23.7 Å². The van der Waals surface area contributed by atoms with Gasteiger partial charge in [-0.05, 0) is 49.8 Å². The molecule has 1 aliphatic carbocycles. The van der Waals surface area contributed by atoms with Gasteiger partial charge in [0.25, 0.3) is 0 Å². The number of hydrazine groups is 1. The molecule has 1 fully saturated rings. The average molecular weight is 235 g/mol. The maximum atomic E-state index is 5.64. The first-order valence-corrected chi connectivity index (χ1v) is 6.18. The Hall–Kier alpha value is -0.970. The van der Waals surface area contributed by atoms with Crippen LogP contribution in [0, 0.1) is 0 Å². The van der Waals surface area contributed by atoms with Crippen molar-refractivity contribution in [3.63, 3.8) is 0 Å². The Morgan fingerprint density at radius 2 is 2.18 bits per heavy atom. The van der Waals surface area contributed by atoms with Crippen LogP contribution in [-0.2, 0) is 11.2 Å². The van der Waals surface area contributed by atoms with Crippen molar-refractivity contribution in [2.75, 3.05) is 7.11 Å². The van der Waals surface area contributed by atoms with Crippen LogP contribution in [0.3, 0.4) is 0 Å². The first-order valence-electron chi connectivity index (χ1n) is 6.18. The Labute approximate surface area is 103 Å². The van der Waals surface area contributed by atoms with Gasteiger partial charge in [-0.3, -0.25) is 16.3 Å². The van der Waals surface area contributed by atoms with Crippen molar-refractivity contribution in [3.05, 3.63) is 30.1 Å². The van der Waals surface area contributed by atoms with Crippen molar-refractivity contribution in [3.8, 4) is 0 Å². The molecule has 1 atom stereocenters. The molecule has 1 saturated carbocycles. The van der Waals surface area contributed by atoms with E-state index in [2.05, 4.69) is 10.4 Å². The zero-order valence-electron chi connectivity index (χ0n) is 10.4. The zero-order chi connectivity index (χ0) is 12.1. The van der Waals surface area contributed by atoms with Crippen LogP contribution < -0.4 is 11.3 Å². The molecule has 0 spiro atoms. The highest BCUT2D eigenvalue weighted by molar-refractivity contribution is 5.12. The molecule has 0 saturated heterocycles. The first-order chi connectivity index (χ1) is 8.28. The van der Waals surface area contributed by atoms with Gasteiger partial charge < -0.3 is 4.74 Å². The normalized spacial score (nSPS) is 19.6. The summed E-state index contributed by atoms with van der Waals surface area (Å²) in [6, 6.07) is 4.33. The third-order valence-corrected chi connectivity index (χ3v) is 3.78. The Morgan fingerprint density at radius 1 is 1.47 bits per heavy atom. The topological polar surface area (TPSA) is 60.2 Å². The van der Waals surface area contributed by atoms with Crippen molar-refractivity contribution >= 4 is 0 Å². The van der Waals surface area contributed by atoms with E-state index in [1.165, 1.54) is 12.0 Å². The van der Waals surface area contributed by atoms with Crippen LogP contribution in [0.5, 0.6) is 0 Å². The van der Waals surface area contributed by atoms with E-state index in [1.54, 1.807) is 7.11 Å². The molecule has 4 nitrogen and oxygen atoms in total. The molecule has 1 unspecified atom stereocenters. The molecular formula is C13H21N3O.